The van der Waals surface area contributed by atoms with Crippen molar-refractivity contribution in [3.8, 4) is 0 Å². The first-order valence-corrected chi connectivity index (χ1v) is 5.74. The number of aliphatic hydroxyl groups is 1. The number of hydrogen-bond acceptors (Lipinski definition) is 4. The first kappa shape index (κ1) is 12.0. The van der Waals surface area contributed by atoms with Gasteiger partial charge < -0.3 is 10.4 Å². The maximum Gasteiger partial charge on any atom is 0.269 e. The minimum Gasteiger partial charge on any atom is -0.394 e. The van der Waals surface area contributed by atoms with Gasteiger partial charge in [0, 0.05) is 17.7 Å². The molecule has 2 N–H and O–H groups in total. The summed E-state index contributed by atoms with van der Waals surface area (Å²) in [4.78, 5) is 10.1. The number of benzene rings is 1. The first-order chi connectivity index (χ1) is 8.15. The van der Waals surface area contributed by atoms with Crippen LogP contribution in [0.5, 0.6) is 0 Å². The third kappa shape index (κ3) is 3.01. The Hall–Kier alpha value is -1.46. The van der Waals surface area contributed by atoms with E-state index in [1.165, 1.54) is 12.1 Å². The molecule has 1 aromatic carbocycles. The van der Waals surface area contributed by atoms with Crippen LogP contribution in [0.1, 0.15) is 18.4 Å². The van der Waals surface area contributed by atoms with E-state index in [0.717, 1.165) is 31.4 Å². The highest BCUT2D eigenvalue weighted by atomic mass is 16.6. The highest BCUT2D eigenvalue weighted by Gasteiger charge is 2.41. The SMILES string of the molecule is O=[N+]([O-])c1ccc(CCNC2(CO)CC2)cc1. The van der Waals surface area contributed by atoms with Crippen molar-refractivity contribution in [2.75, 3.05) is 13.2 Å². The number of rotatable bonds is 6. The number of non-ortho nitro benzene ring substituents is 1. The lowest BCUT2D eigenvalue weighted by Crippen LogP contribution is -2.36. The van der Waals surface area contributed by atoms with Crippen molar-refractivity contribution in [1.82, 2.24) is 5.32 Å². The van der Waals surface area contributed by atoms with Gasteiger partial charge in [-0.2, -0.15) is 0 Å². The molecule has 0 unspecified atom stereocenters. The van der Waals surface area contributed by atoms with Crippen LogP contribution in [0.4, 0.5) is 5.69 Å². The van der Waals surface area contributed by atoms with Gasteiger partial charge in [-0.25, -0.2) is 0 Å². The third-order valence-corrected chi connectivity index (χ3v) is 3.22. The highest BCUT2D eigenvalue weighted by molar-refractivity contribution is 5.32. The van der Waals surface area contributed by atoms with E-state index in [0.29, 0.717) is 0 Å². The van der Waals surface area contributed by atoms with Crippen LogP contribution in [0, 0.1) is 10.1 Å². The van der Waals surface area contributed by atoms with Gasteiger partial charge >= 0.3 is 0 Å². The predicted octanol–water partition coefficient (Wildman–Crippen LogP) is 1.25. The number of nitro groups is 1. The summed E-state index contributed by atoms with van der Waals surface area (Å²) in [5, 5.41) is 22.9. The summed E-state index contributed by atoms with van der Waals surface area (Å²) in [6.45, 7) is 0.978. The Bertz CT molecular complexity index is 399. The summed E-state index contributed by atoms with van der Waals surface area (Å²) in [6, 6.07) is 6.60. The van der Waals surface area contributed by atoms with Crippen molar-refractivity contribution in [2.24, 2.45) is 0 Å². The van der Waals surface area contributed by atoms with Crippen LogP contribution in [0.3, 0.4) is 0 Å². The minimum absolute atomic E-state index is 0.0409. The maximum atomic E-state index is 10.5. The molecule has 0 bridgehead atoms. The number of nitrogens with zero attached hydrogens (tertiary/aromatic N) is 1. The summed E-state index contributed by atoms with van der Waals surface area (Å²) >= 11 is 0. The van der Waals surface area contributed by atoms with Crippen molar-refractivity contribution in [2.45, 2.75) is 24.8 Å². The summed E-state index contributed by atoms with van der Waals surface area (Å²) < 4.78 is 0. The zero-order chi connectivity index (χ0) is 12.3. The van der Waals surface area contributed by atoms with Crippen molar-refractivity contribution in [3.63, 3.8) is 0 Å². The third-order valence-electron chi connectivity index (χ3n) is 3.22. The van der Waals surface area contributed by atoms with E-state index in [1.807, 2.05) is 0 Å². The monoisotopic (exact) mass is 236 g/mol. The van der Waals surface area contributed by atoms with Crippen molar-refractivity contribution in [1.29, 1.82) is 0 Å². The van der Waals surface area contributed by atoms with E-state index in [9.17, 15) is 10.1 Å². The normalized spacial score (nSPS) is 16.8. The molecule has 0 radical (unpaired) electrons. The second kappa shape index (κ2) is 4.81. The van der Waals surface area contributed by atoms with Gasteiger partial charge in [-0.05, 0) is 31.4 Å². The molecule has 1 aliphatic carbocycles. The van der Waals surface area contributed by atoms with Gasteiger partial charge in [0.05, 0.1) is 11.5 Å². The van der Waals surface area contributed by atoms with E-state index in [4.69, 9.17) is 5.11 Å². The fourth-order valence-electron chi connectivity index (χ4n) is 1.80. The predicted molar refractivity (Wildman–Crippen MR) is 63.9 cm³/mol. The highest BCUT2D eigenvalue weighted by Crippen LogP contribution is 2.34. The molecule has 2 rings (SSSR count). The molecule has 0 spiro atoms. The molecule has 1 aromatic rings. The molecule has 0 atom stereocenters. The van der Waals surface area contributed by atoms with Crippen LogP contribution in [0.2, 0.25) is 0 Å². The van der Waals surface area contributed by atoms with Gasteiger partial charge in [-0.1, -0.05) is 12.1 Å². The van der Waals surface area contributed by atoms with Gasteiger partial charge in [-0.3, -0.25) is 10.1 Å². The van der Waals surface area contributed by atoms with Crippen LogP contribution in [-0.4, -0.2) is 28.7 Å². The molecule has 92 valence electrons. The maximum absolute atomic E-state index is 10.5. The smallest absolute Gasteiger partial charge is 0.269 e. The number of nitrogens with one attached hydrogen (secondary N) is 1. The Kier molecular flexibility index (Phi) is 3.40. The summed E-state index contributed by atoms with van der Waals surface area (Å²) in [5.41, 5.74) is 1.15. The molecule has 5 heteroatoms. The van der Waals surface area contributed by atoms with Crippen LogP contribution in [0.25, 0.3) is 0 Å². The standard InChI is InChI=1S/C12H16N2O3/c15-9-12(6-7-12)13-8-5-10-1-3-11(4-2-10)14(16)17/h1-4,13,15H,5-9H2. The molecule has 1 fully saturated rings. The molecule has 1 saturated carbocycles. The van der Waals surface area contributed by atoms with Crippen molar-refractivity contribution < 1.29 is 10.0 Å². The van der Waals surface area contributed by atoms with Crippen LogP contribution < -0.4 is 5.32 Å². The van der Waals surface area contributed by atoms with Crippen LogP contribution in [-0.2, 0) is 6.42 Å². The molecular formula is C12H16N2O3. The molecule has 0 saturated heterocycles. The number of nitro benzene ring substituents is 1. The van der Waals surface area contributed by atoms with E-state index in [-0.39, 0.29) is 17.8 Å². The Morgan fingerprint density at radius 1 is 1.35 bits per heavy atom. The molecule has 0 heterocycles. The zero-order valence-electron chi connectivity index (χ0n) is 9.56. The molecule has 0 aromatic heterocycles. The molecule has 17 heavy (non-hydrogen) atoms. The van der Waals surface area contributed by atoms with E-state index < -0.39 is 4.92 Å². The topological polar surface area (TPSA) is 75.4 Å². The Morgan fingerprint density at radius 2 is 2.00 bits per heavy atom. The lowest BCUT2D eigenvalue weighted by Gasteiger charge is -2.13. The Morgan fingerprint density at radius 3 is 2.47 bits per heavy atom. The number of aliphatic hydroxyl groups excluding tert-OH is 1. The Balaban J connectivity index is 1.81. The molecule has 5 nitrogen and oxygen atoms in total. The van der Waals surface area contributed by atoms with Gasteiger partial charge in [0.15, 0.2) is 0 Å². The number of hydrogen-bond donors (Lipinski definition) is 2. The average Bonchev–Trinajstić information content (AvgIpc) is 3.10. The first-order valence-electron chi connectivity index (χ1n) is 5.74. The average molecular weight is 236 g/mol. The second-order valence-corrected chi connectivity index (χ2v) is 4.54. The van der Waals surface area contributed by atoms with Crippen molar-refractivity contribution in [3.05, 3.63) is 39.9 Å². The Labute approximate surface area is 99.6 Å². The van der Waals surface area contributed by atoms with Gasteiger partial charge in [0.25, 0.3) is 5.69 Å². The van der Waals surface area contributed by atoms with Gasteiger partial charge in [-0.15, -0.1) is 0 Å². The quantitative estimate of drug-likeness (QED) is 0.575. The van der Waals surface area contributed by atoms with E-state index >= 15 is 0 Å². The summed E-state index contributed by atoms with van der Waals surface area (Å²) in [6.07, 6.45) is 2.88. The zero-order valence-corrected chi connectivity index (χ0v) is 9.56. The molecule has 0 amide bonds. The molecule has 0 aliphatic heterocycles. The van der Waals surface area contributed by atoms with E-state index in [1.54, 1.807) is 12.1 Å². The fourth-order valence-corrected chi connectivity index (χ4v) is 1.80. The molecular weight excluding hydrogens is 220 g/mol. The lowest BCUT2D eigenvalue weighted by molar-refractivity contribution is -0.384. The van der Waals surface area contributed by atoms with Gasteiger partial charge in [0.1, 0.15) is 0 Å². The van der Waals surface area contributed by atoms with Crippen LogP contribution in [0.15, 0.2) is 24.3 Å². The summed E-state index contributed by atoms with van der Waals surface area (Å²) in [5.74, 6) is 0. The minimum atomic E-state index is -0.396. The van der Waals surface area contributed by atoms with Crippen molar-refractivity contribution >= 4 is 5.69 Å². The van der Waals surface area contributed by atoms with E-state index in [2.05, 4.69) is 5.32 Å². The second-order valence-electron chi connectivity index (χ2n) is 4.54. The fraction of sp³-hybridized carbons (Fsp3) is 0.500. The van der Waals surface area contributed by atoms with Crippen LogP contribution >= 0.6 is 0 Å². The summed E-state index contributed by atoms with van der Waals surface area (Å²) in [7, 11) is 0. The lowest BCUT2D eigenvalue weighted by atomic mass is 10.1. The van der Waals surface area contributed by atoms with Gasteiger partial charge in [0.2, 0.25) is 0 Å². The molecule has 1 aliphatic rings. The largest absolute Gasteiger partial charge is 0.394 e.